The van der Waals surface area contributed by atoms with Crippen molar-refractivity contribution < 1.29 is 62.7 Å². The molecule has 21 nitrogen and oxygen atoms in total. The number of aromatic hydroxyl groups is 1. The van der Waals surface area contributed by atoms with Crippen LogP contribution in [0.2, 0.25) is 0 Å². The Balaban J connectivity index is 0.000000815. The Labute approximate surface area is 430 Å². The summed E-state index contributed by atoms with van der Waals surface area (Å²) < 4.78 is 27.4. The molecule has 0 bridgehead atoms. The number of urea groups is 1. The van der Waals surface area contributed by atoms with Crippen LogP contribution in [0, 0.1) is 0 Å². The maximum atomic E-state index is 12.8. The van der Waals surface area contributed by atoms with Crippen LogP contribution < -0.4 is 42.8 Å². The topological polar surface area (TPSA) is 314 Å². The van der Waals surface area contributed by atoms with Gasteiger partial charge >= 0.3 is 12.0 Å². The van der Waals surface area contributed by atoms with Crippen LogP contribution in [0.1, 0.15) is 43.6 Å². The molecule has 0 radical (unpaired) electrons. The fraction of sp³-hybridized carbons (Fsp3) is 0.212. The number of aliphatic hydroxyl groups excluding tert-OH is 1. The number of benzene rings is 5. The van der Waals surface area contributed by atoms with Gasteiger partial charge in [-0.1, -0.05) is 36.0 Å². The summed E-state index contributed by atoms with van der Waals surface area (Å²) >= 11 is 1.11. The number of hydrogen-bond acceptors (Lipinski definition) is 16. The number of esters is 1. The Morgan fingerprint density at radius 1 is 0.676 bits per heavy atom. The molecule has 6 rings (SSSR count). The van der Waals surface area contributed by atoms with Gasteiger partial charge in [0.2, 0.25) is 18.2 Å². The van der Waals surface area contributed by atoms with Crippen molar-refractivity contribution in [1.29, 1.82) is 0 Å². The van der Waals surface area contributed by atoms with Crippen molar-refractivity contribution in [3.8, 4) is 11.5 Å². The molecule has 6 amide bonds. The number of carbonyl (C=O) groups excluding carboxylic acids is 6. The second kappa shape index (κ2) is 29.6. The van der Waals surface area contributed by atoms with Crippen molar-refractivity contribution >= 4 is 87.5 Å². The summed E-state index contributed by atoms with van der Waals surface area (Å²) in [5.41, 5.74) is 14.3. The number of phenols is 1. The number of aliphatic imine (C=N–C) groups is 1. The lowest BCUT2D eigenvalue weighted by atomic mass is 10.1. The molecule has 0 fully saturated rings. The van der Waals surface area contributed by atoms with E-state index in [1.807, 2.05) is 25.2 Å². The highest BCUT2D eigenvalue weighted by Crippen LogP contribution is 2.41. The van der Waals surface area contributed by atoms with E-state index in [2.05, 4.69) is 31.6 Å². The molecule has 0 spiro atoms. The second-order valence-corrected chi connectivity index (χ2v) is 16.3. The van der Waals surface area contributed by atoms with Crippen molar-refractivity contribution in [3.63, 3.8) is 0 Å². The smallest absolute Gasteiger partial charge is 0.344 e. The maximum absolute atomic E-state index is 12.8. The molecule has 22 heteroatoms. The minimum Gasteiger partial charge on any atom is -0.506 e. The fourth-order valence-electron chi connectivity index (χ4n) is 6.40. The Morgan fingerprint density at radius 3 is 1.86 bits per heavy atom. The summed E-state index contributed by atoms with van der Waals surface area (Å²) in [7, 11) is 1.82. The van der Waals surface area contributed by atoms with E-state index in [1.54, 1.807) is 61.5 Å². The molecule has 0 aliphatic carbocycles. The molecule has 74 heavy (non-hydrogen) atoms. The van der Waals surface area contributed by atoms with Crippen molar-refractivity contribution in [2.24, 2.45) is 16.5 Å². The van der Waals surface area contributed by atoms with E-state index in [1.165, 1.54) is 48.5 Å². The van der Waals surface area contributed by atoms with Gasteiger partial charge in [0.25, 0.3) is 5.91 Å². The molecular formula is C52H56N8O13S. The third-order valence-electron chi connectivity index (χ3n) is 9.96. The summed E-state index contributed by atoms with van der Waals surface area (Å²) in [4.78, 5) is 75.9. The molecule has 1 heterocycles. The van der Waals surface area contributed by atoms with E-state index in [-0.39, 0.29) is 98.1 Å². The lowest BCUT2D eigenvalue weighted by molar-refractivity contribution is -0.138. The summed E-state index contributed by atoms with van der Waals surface area (Å²) in [5.74, 6) is -2.30. The minimum absolute atomic E-state index is 0.0280. The molecule has 1 aliphatic rings. The highest BCUT2D eigenvalue weighted by molar-refractivity contribution is 8.18. The lowest BCUT2D eigenvalue weighted by Gasteiger charge is -2.12. The van der Waals surface area contributed by atoms with Gasteiger partial charge in [0.15, 0.2) is 11.5 Å². The number of amides is 6. The predicted molar refractivity (Wildman–Crippen MR) is 282 cm³/mol. The number of thioether (sulfide) groups is 1. The molecule has 0 unspecified atom stereocenters. The molecule has 5 aromatic rings. The van der Waals surface area contributed by atoms with Gasteiger partial charge in [-0.3, -0.25) is 19.2 Å². The van der Waals surface area contributed by atoms with Gasteiger partial charge in [-0.25, -0.2) is 14.6 Å². The van der Waals surface area contributed by atoms with Gasteiger partial charge in [-0.05, 0) is 110 Å². The normalized spacial score (nSPS) is 12.8. The average Bonchev–Trinajstić information content (AvgIpc) is 3.69. The van der Waals surface area contributed by atoms with Crippen LogP contribution in [0.15, 0.2) is 136 Å². The van der Waals surface area contributed by atoms with Crippen LogP contribution in [-0.4, -0.2) is 118 Å². The lowest BCUT2D eigenvalue weighted by Crippen LogP contribution is -2.28. The first kappa shape index (κ1) is 56.2. The highest BCUT2D eigenvalue weighted by atomic mass is 32.2. The molecule has 0 atom stereocenters. The van der Waals surface area contributed by atoms with Gasteiger partial charge in [0.1, 0.15) is 23.0 Å². The molecule has 1 aliphatic heterocycles. The van der Waals surface area contributed by atoms with E-state index in [9.17, 15) is 39.0 Å². The largest absolute Gasteiger partial charge is 0.506 e. The molecule has 0 saturated heterocycles. The van der Waals surface area contributed by atoms with Crippen LogP contribution in [0.3, 0.4) is 0 Å². The molecule has 5 aromatic carbocycles. The van der Waals surface area contributed by atoms with E-state index < -0.39 is 29.7 Å². The number of rotatable bonds is 25. The van der Waals surface area contributed by atoms with Gasteiger partial charge in [0.05, 0.1) is 56.8 Å². The number of ether oxygens (including phenoxy) is 5. The summed E-state index contributed by atoms with van der Waals surface area (Å²) in [5, 5.41) is 35.2. The third-order valence-corrected chi connectivity index (χ3v) is 11.0. The second-order valence-electron chi connectivity index (χ2n) is 15.2. The number of hydrogen-bond donors (Lipinski definition) is 9. The van der Waals surface area contributed by atoms with Crippen molar-refractivity contribution in [2.75, 3.05) is 87.7 Å². The van der Waals surface area contributed by atoms with Crippen LogP contribution >= 0.6 is 11.8 Å². The number of nitrogens with one attached hydrogen (secondary N) is 5. The number of carbonyl (C=O) groups is 6. The first-order valence-corrected chi connectivity index (χ1v) is 23.6. The predicted octanol–water partition coefficient (Wildman–Crippen LogP) is 6.58. The maximum Gasteiger partial charge on any atom is 0.344 e. The monoisotopic (exact) mass is 1030 g/mol. The Kier molecular flexibility index (Phi) is 22.5. The number of anilines is 4. The number of nitrogens with zero attached hydrogens (tertiary/aromatic N) is 1. The van der Waals surface area contributed by atoms with Crippen LogP contribution in [-0.2, 0) is 28.5 Å². The van der Waals surface area contributed by atoms with Gasteiger partial charge in [-0.15, -0.1) is 0 Å². The Morgan fingerprint density at radius 2 is 1.27 bits per heavy atom. The minimum atomic E-state index is -0.687. The standard InChI is InChI=1S/C44H46N6O12S.C8H10N2O/c1-2-61-43(56)38-39(53)37(63-42(38)48-31-6-4-3-5-7-31)23-28-8-13-36(35(52)22-28)62-21-20-60-19-18-59-17-16-58-15-14-46-41(55)30-24-33(47-27-51)26-34(25-30)50-44(57)49-32-11-9-29(10-12-32)40(45)54;1-10-7-4-2-6(3-5-7)8(9)11/h3-13,22-27,52-53H,2,14-21H2,1H3,(H2,45,54)(H,46,55)(H,47,51)(H2,49,50,57);2-5,10H,1H3,(H2,9,11)/b37-23-,48-42?;. The molecule has 11 N–H and O–H groups in total. The molecule has 388 valence electrons. The van der Waals surface area contributed by atoms with Crippen LogP contribution in [0.5, 0.6) is 11.5 Å². The van der Waals surface area contributed by atoms with Crippen LogP contribution in [0.25, 0.3) is 6.08 Å². The zero-order chi connectivity index (χ0) is 53.2. The summed E-state index contributed by atoms with van der Waals surface area (Å²) in [6, 6.07) is 30.5. The van der Waals surface area contributed by atoms with Crippen LogP contribution in [0.4, 0.5) is 33.2 Å². The fourth-order valence-corrected chi connectivity index (χ4v) is 7.43. The highest BCUT2D eigenvalue weighted by Gasteiger charge is 2.33. The van der Waals surface area contributed by atoms with E-state index in [0.29, 0.717) is 45.5 Å². The molecular weight excluding hydrogens is 977 g/mol. The van der Waals surface area contributed by atoms with E-state index in [4.69, 9.17) is 35.2 Å². The number of aliphatic hydroxyl groups is 1. The first-order chi connectivity index (χ1) is 35.8. The van der Waals surface area contributed by atoms with Crippen molar-refractivity contribution in [2.45, 2.75) is 6.92 Å². The van der Waals surface area contributed by atoms with Crippen molar-refractivity contribution in [3.05, 3.63) is 154 Å². The first-order valence-electron chi connectivity index (χ1n) is 22.8. The van der Waals surface area contributed by atoms with Crippen molar-refractivity contribution in [1.82, 2.24) is 5.32 Å². The Bertz CT molecular complexity index is 2830. The van der Waals surface area contributed by atoms with E-state index in [0.717, 1.165) is 17.4 Å². The summed E-state index contributed by atoms with van der Waals surface area (Å²) in [6.45, 7) is 3.70. The number of para-hydroxylation sites is 1. The third kappa shape index (κ3) is 18.2. The zero-order valence-electron chi connectivity index (χ0n) is 40.4. The number of primary amides is 2. The van der Waals surface area contributed by atoms with Gasteiger partial charge in [0, 0.05) is 53.0 Å². The molecule has 0 aromatic heterocycles. The summed E-state index contributed by atoms with van der Waals surface area (Å²) in [6.07, 6.45) is 2.07. The number of nitrogens with two attached hydrogens (primary N) is 2. The quantitative estimate of drug-likeness (QED) is 0.0169. The Hall–Kier alpha value is -8.70. The molecule has 0 saturated carbocycles. The van der Waals surface area contributed by atoms with Gasteiger partial charge in [-0.2, -0.15) is 0 Å². The van der Waals surface area contributed by atoms with Gasteiger partial charge < -0.3 is 71.9 Å². The zero-order valence-corrected chi connectivity index (χ0v) is 41.2. The average molecular weight is 1030 g/mol. The SMILES string of the molecule is CCOC(=O)C1=C(O)/C(=C/c2ccc(OCCOCCOCCOCCNC(=O)c3cc(NC=O)cc(NC(=O)Nc4ccc(C(N)=O)cc4)c3)c(O)c2)SC1=Nc1ccccc1.CNc1ccc(C(N)=O)cc1. The van der Waals surface area contributed by atoms with E-state index >= 15 is 0 Å². The number of phenolic OH excluding ortho intramolecular Hbond substituents is 1.